The minimum atomic E-state index is -0.357. The summed E-state index contributed by atoms with van der Waals surface area (Å²) in [6.45, 7) is 2.50. The quantitative estimate of drug-likeness (QED) is 0.495. The molecule has 0 saturated heterocycles. The second kappa shape index (κ2) is 7.38. The molecule has 4 rings (SSSR count). The summed E-state index contributed by atoms with van der Waals surface area (Å²) in [4.78, 5) is 13.1. The molecule has 0 aliphatic heterocycles. The fraction of sp³-hybridized carbons (Fsp3) is 0.105. The van der Waals surface area contributed by atoms with E-state index in [1.165, 1.54) is 11.3 Å². The van der Waals surface area contributed by atoms with Crippen molar-refractivity contribution < 1.29 is 14.2 Å². The average molecular weight is 400 g/mol. The first-order valence-corrected chi connectivity index (χ1v) is 9.41. The van der Waals surface area contributed by atoms with E-state index in [4.69, 9.17) is 21.0 Å². The zero-order valence-corrected chi connectivity index (χ0v) is 15.8. The molecule has 8 heteroatoms. The number of benzene rings is 2. The maximum Gasteiger partial charge on any atom is 0.268 e. The maximum absolute atomic E-state index is 12.7. The summed E-state index contributed by atoms with van der Waals surface area (Å²) >= 11 is 7.70. The van der Waals surface area contributed by atoms with Gasteiger partial charge in [-0.2, -0.15) is 0 Å². The fourth-order valence-electron chi connectivity index (χ4n) is 2.66. The molecule has 27 heavy (non-hydrogen) atoms. The lowest BCUT2D eigenvalue weighted by atomic mass is 10.1. The van der Waals surface area contributed by atoms with Crippen LogP contribution in [0.25, 0.3) is 21.3 Å². The van der Waals surface area contributed by atoms with Gasteiger partial charge in [0.05, 0.1) is 11.6 Å². The molecule has 0 spiro atoms. The maximum atomic E-state index is 12.7. The zero-order chi connectivity index (χ0) is 18.8. The van der Waals surface area contributed by atoms with Crippen molar-refractivity contribution in [2.75, 3.05) is 11.9 Å². The number of amides is 1. The Morgan fingerprint density at radius 3 is 2.70 bits per heavy atom. The molecule has 0 aliphatic carbocycles. The molecule has 0 aliphatic rings. The van der Waals surface area contributed by atoms with Crippen LogP contribution in [0.15, 0.2) is 53.2 Å². The highest BCUT2D eigenvalue weighted by atomic mass is 35.5. The van der Waals surface area contributed by atoms with E-state index in [2.05, 4.69) is 15.6 Å². The molecule has 4 aromatic rings. The number of hydrogen-bond acceptors (Lipinski definition) is 6. The number of anilines is 1. The SMILES string of the molecule is CCOc1ccc(-c2nonc2NC(=O)c2sc3ccccc3c2Cl)cc1. The van der Waals surface area contributed by atoms with E-state index in [0.29, 0.717) is 22.2 Å². The smallest absolute Gasteiger partial charge is 0.268 e. The van der Waals surface area contributed by atoms with Gasteiger partial charge in [0.15, 0.2) is 5.69 Å². The number of aromatic nitrogens is 2. The third kappa shape index (κ3) is 3.39. The zero-order valence-electron chi connectivity index (χ0n) is 14.2. The normalized spacial score (nSPS) is 10.9. The Hall–Kier alpha value is -2.90. The number of carbonyl (C=O) groups is 1. The van der Waals surface area contributed by atoms with Gasteiger partial charge in [0.2, 0.25) is 5.82 Å². The van der Waals surface area contributed by atoms with E-state index < -0.39 is 0 Å². The number of nitrogens with one attached hydrogen (secondary N) is 1. The monoisotopic (exact) mass is 399 g/mol. The van der Waals surface area contributed by atoms with Crippen molar-refractivity contribution in [3.05, 3.63) is 58.4 Å². The Bertz CT molecular complexity index is 1110. The Balaban J connectivity index is 1.61. The van der Waals surface area contributed by atoms with Crippen LogP contribution < -0.4 is 10.1 Å². The summed E-state index contributed by atoms with van der Waals surface area (Å²) in [5, 5.41) is 11.7. The Labute approximate surface area is 163 Å². The van der Waals surface area contributed by atoms with Gasteiger partial charge >= 0.3 is 0 Å². The summed E-state index contributed by atoms with van der Waals surface area (Å²) in [5.41, 5.74) is 1.18. The van der Waals surface area contributed by atoms with E-state index in [1.54, 1.807) is 0 Å². The van der Waals surface area contributed by atoms with E-state index >= 15 is 0 Å². The first-order valence-electron chi connectivity index (χ1n) is 8.21. The van der Waals surface area contributed by atoms with Crippen LogP contribution in [0.5, 0.6) is 5.75 Å². The molecule has 0 bridgehead atoms. The lowest BCUT2D eigenvalue weighted by Gasteiger charge is -2.04. The second-order valence-corrected chi connectivity index (χ2v) is 7.04. The topological polar surface area (TPSA) is 77.2 Å². The lowest BCUT2D eigenvalue weighted by Crippen LogP contribution is -2.11. The molecule has 0 fully saturated rings. The molecule has 0 saturated carbocycles. The summed E-state index contributed by atoms with van der Waals surface area (Å²) in [5.74, 6) is 0.627. The Morgan fingerprint density at radius 2 is 1.96 bits per heavy atom. The number of nitrogens with zero attached hydrogens (tertiary/aromatic N) is 2. The molecule has 0 radical (unpaired) electrons. The fourth-order valence-corrected chi connectivity index (χ4v) is 4.07. The molecule has 1 N–H and O–H groups in total. The molecule has 6 nitrogen and oxygen atoms in total. The van der Waals surface area contributed by atoms with Crippen LogP contribution in [0.2, 0.25) is 5.02 Å². The van der Waals surface area contributed by atoms with Crippen LogP contribution in [0.4, 0.5) is 5.82 Å². The van der Waals surface area contributed by atoms with Gasteiger partial charge in [-0.05, 0) is 47.6 Å². The number of carbonyl (C=O) groups excluding carboxylic acids is 1. The van der Waals surface area contributed by atoms with Crippen LogP contribution in [-0.2, 0) is 0 Å². The number of halogens is 1. The number of hydrogen-bond donors (Lipinski definition) is 1. The standard InChI is InChI=1S/C19H14ClN3O3S/c1-2-25-12-9-7-11(8-10-12)16-18(23-26-22-16)21-19(24)17-15(20)13-5-3-4-6-14(13)27-17/h3-10H,2H2,1H3,(H,21,23,24). The highest BCUT2D eigenvalue weighted by Crippen LogP contribution is 2.36. The number of thiophene rings is 1. The van der Waals surface area contributed by atoms with Gasteiger partial charge in [-0.3, -0.25) is 4.79 Å². The van der Waals surface area contributed by atoms with Gasteiger partial charge in [0.25, 0.3) is 5.91 Å². The third-order valence-electron chi connectivity index (χ3n) is 3.90. The largest absolute Gasteiger partial charge is 0.494 e. The van der Waals surface area contributed by atoms with Crippen LogP contribution >= 0.6 is 22.9 Å². The molecule has 2 aromatic carbocycles. The van der Waals surface area contributed by atoms with Gasteiger partial charge in [0, 0.05) is 15.6 Å². The molecule has 0 unspecified atom stereocenters. The molecule has 136 valence electrons. The molecule has 2 aromatic heterocycles. The molecular weight excluding hydrogens is 386 g/mol. The van der Waals surface area contributed by atoms with Crippen LogP contribution in [0.3, 0.4) is 0 Å². The van der Waals surface area contributed by atoms with Crippen molar-refractivity contribution in [2.24, 2.45) is 0 Å². The number of ether oxygens (including phenoxy) is 1. The second-order valence-electron chi connectivity index (χ2n) is 5.61. The van der Waals surface area contributed by atoms with Crippen molar-refractivity contribution >= 4 is 44.7 Å². The van der Waals surface area contributed by atoms with E-state index in [9.17, 15) is 4.79 Å². The van der Waals surface area contributed by atoms with E-state index in [-0.39, 0.29) is 11.7 Å². The molecule has 2 heterocycles. The van der Waals surface area contributed by atoms with Crippen LogP contribution in [0, 0.1) is 0 Å². The van der Waals surface area contributed by atoms with Crippen molar-refractivity contribution in [3.8, 4) is 17.0 Å². The van der Waals surface area contributed by atoms with Gasteiger partial charge in [0.1, 0.15) is 10.6 Å². The molecule has 0 atom stereocenters. The Morgan fingerprint density at radius 1 is 1.19 bits per heavy atom. The summed E-state index contributed by atoms with van der Waals surface area (Å²) < 4.78 is 11.2. The van der Waals surface area contributed by atoms with Gasteiger partial charge in [-0.15, -0.1) is 11.3 Å². The summed E-state index contributed by atoms with van der Waals surface area (Å²) in [6, 6.07) is 14.9. The Kier molecular flexibility index (Phi) is 4.79. The minimum Gasteiger partial charge on any atom is -0.494 e. The first kappa shape index (κ1) is 17.5. The van der Waals surface area contributed by atoms with Gasteiger partial charge in [-0.25, -0.2) is 4.63 Å². The minimum absolute atomic E-state index is 0.234. The number of fused-ring (bicyclic) bond motifs is 1. The highest BCUT2D eigenvalue weighted by Gasteiger charge is 2.21. The average Bonchev–Trinajstić information content (AvgIpc) is 3.28. The van der Waals surface area contributed by atoms with Crippen molar-refractivity contribution in [1.82, 2.24) is 10.3 Å². The molecular formula is C19H14ClN3O3S. The summed E-state index contributed by atoms with van der Waals surface area (Å²) in [7, 11) is 0. The number of rotatable bonds is 5. The summed E-state index contributed by atoms with van der Waals surface area (Å²) in [6.07, 6.45) is 0. The predicted molar refractivity (Wildman–Crippen MR) is 106 cm³/mol. The van der Waals surface area contributed by atoms with Crippen LogP contribution in [-0.4, -0.2) is 22.8 Å². The third-order valence-corrected chi connectivity index (χ3v) is 5.57. The predicted octanol–water partition coefficient (Wildman–Crippen LogP) is 5.26. The van der Waals surface area contributed by atoms with Gasteiger partial charge in [-0.1, -0.05) is 29.8 Å². The van der Waals surface area contributed by atoms with E-state index in [1.807, 2.05) is 55.5 Å². The van der Waals surface area contributed by atoms with Crippen LogP contribution in [0.1, 0.15) is 16.6 Å². The van der Waals surface area contributed by atoms with Crippen molar-refractivity contribution in [2.45, 2.75) is 6.92 Å². The van der Waals surface area contributed by atoms with Crippen molar-refractivity contribution in [1.29, 1.82) is 0 Å². The lowest BCUT2D eigenvalue weighted by molar-refractivity contribution is 0.102. The van der Waals surface area contributed by atoms with Crippen molar-refractivity contribution in [3.63, 3.8) is 0 Å². The van der Waals surface area contributed by atoms with Gasteiger partial charge < -0.3 is 10.1 Å². The first-order chi connectivity index (χ1) is 13.2. The molecule has 1 amide bonds. The van der Waals surface area contributed by atoms with E-state index in [0.717, 1.165) is 21.4 Å². The highest BCUT2D eigenvalue weighted by molar-refractivity contribution is 7.21.